The molecule has 0 spiro atoms. The van der Waals surface area contributed by atoms with Crippen molar-refractivity contribution in [1.29, 1.82) is 0 Å². The Labute approximate surface area is 166 Å². The van der Waals surface area contributed by atoms with Gasteiger partial charge in [0.15, 0.2) is 0 Å². The van der Waals surface area contributed by atoms with Gasteiger partial charge in [-0.05, 0) is 12.1 Å². The zero-order chi connectivity index (χ0) is 20.6. The molecule has 8 heteroatoms. The summed E-state index contributed by atoms with van der Waals surface area (Å²) < 4.78 is 10.8. The van der Waals surface area contributed by atoms with Gasteiger partial charge in [-0.1, -0.05) is 48.5 Å². The molecule has 3 aromatic rings. The number of aromatic nitrogens is 1. The summed E-state index contributed by atoms with van der Waals surface area (Å²) in [5.41, 5.74) is 1.58. The van der Waals surface area contributed by atoms with Gasteiger partial charge in [-0.15, -0.1) is 0 Å². The van der Waals surface area contributed by atoms with E-state index in [0.29, 0.717) is 17.1 Å². The van der Waals surface area contributed by atoms with Crippen LogP contribution < -0.4 is 10.6 Å². The SMILES string of the molecule is CNC(=O)NC(=O)C(OC(=O)Cc1coc(-c2ccccc2)n1)c1ccccc1. The normalized spacial score (nSPS) is 11.3. The largest absolute Gasteiger partial charge is 0.447 e. The minimum atomic E-state index is -1.28. The van der Waals surface area contributed by atoms with Crippen LogP contribution in [0.15, 0.2) is 71.3 Å². The van der Waals surface area contributed by atoms with Crippen LogP contribution in [0.4, 0.5) is 4.79 Å². The minimum absolute atomic E-state index is 0.188. The van der Waals surface area contributed by atoms with E-state index in [2.05, 4.69) is 15.6 Å². The van der Waals surface area contributed by atoms with Crippen LogP contribution in [0.2, 0.25) is 0 Å². The van der Waals surface area contributed by atoms with Crippen LogP contribution in [0.25, 0.3) is 11.5 Å². The van der Waals surface area contributed by atoms with Crippen LogP contribution in [0.5, 0.6) is 0 Å². The topological polar surface area (TPSA) is 111 Å². The summed E-state index contributed by atoms with van der Waals surface area (Å²) in [4.78, 5) is 40.6. The third-order valence-electron chi connectivity index (χ3n) is 3.95. The number of nitrogens with one attached hydrogen (secondary N) is 2. The van der Waals surface area contributed by atoms with Crippen molar-refractivity contribution in [2.45, 2.75) is 12.5 Å². The molecular formula is C21H19N3O5. The Balaban J connectivity index is 1.71. The van der Waals surface area contributed by atoms with Gasteiger partial charge in [0, 0.05) is 18.2 Å². The Morgan fingerprint density at radius 2 is 1.69 bits per heavy atom. The predicted octanol–water partition coefficient (Wildman–Crippen LogP) is 2.62. The number of hydrogen-bond donors (Lipinski definition) is 2. The van der Waals surface area contributed by atoms with E-state index in [0.717, 1.165) is 5.56 Å². The number of ether oxygens (including phenoxy) is 1. The summed E-state index contributed by atoms with van der Waals surface area (Å²) in [6.07, 6.45) is -0.0972. The molecule has 1 aromatic heterocycles. The molecule has 1 atom stereocenters. The van der Waals surface area contributed by atoms with Gasteiger partial charge >= 0.3 is 12.0 Å². The molecule has 0 saturated heterocycles. The van der Waals surface area contributed by atoms with Crippen LogP contribution in [-0.4, -0.2) is 29.9 Å². The summed E-state index contributed by atoms with van der Waals surface area (Å²) in [6.45, 7) is 0. The third-order valence-corrected chi connectivity index (χ3v) is 3.95. The molecule has 0 bridgehead atoms. The van der Waals surface area contributed by atoms with Gasteiger partial charge in [0.1, 0.15) is 6.26 Å². The molecule has 0 fully saturated rings. The first-order chi connectivity index (χ1) is 14.1. The number of oxazole rings is 1. The number of nitrogens with zero attached hydrogens (tertiary/aromatic N) is 1. The first kappa shape index (κ1) is 19.8. The summed E-state index contributed by atoms with van der Waals surface area (Å²) in [5, 5.41) is 4.40. The van der Waals surface area contributed by atoms with Crippen molar-refractivity contribution in [3.63, 3.8) is 0 Å². The number of carbonyl (C=O) groups excluding carboxylic acids is 3. The Kier molecular flexibility index (Phi) is 6.36. The number of esters is 1. The second-order valence-corrected chi connectivity index (χ2v) is 6.04. The number of urea groups is 1. The van der Waals surface area contributed by atoms with E-state index in [1.165, 1.54) is 13.3 Å². The number of rotatable bonds is 6. The van der Waals surface area contributed by atoms with Gasteiger partial charge in [-0.2, -0.15) is 0 Å². The lowest BCUT2D eigenvalue weighted by Gasteiger charge is -2.17. The molecule has 2 aromatic carbocycles. The molecular weight excluding hydrogens is 374 g/mol. The maximum Gasteiger partial charge on any atom is 0.321 e. The average molecular weight is 393 g/mol. The predicted molar refractivity (Wildman–Crippen MR) is 104 cm³/mol. The zero-order valence-electron chi connectivity index (χ0n) is 15.6. The second-order valence-electron chi connectivity index (χ2n) is 6.04. The number of carbonyl (C=O) groups is 3. The summed E-state index contributed by atoms with van der Waals surface area (Å²) in [6, 6.07) is 17.0. The van der Waals surface area contributed by atoms with Crippen molar-refractivity contribution in [3.05, 3.63) is 78.2 Å². The molecule has 0 aliphatic heterocycles. The van der Waals surface area contributed by atoms with Crippen LogP contribution in [0, 0.1) is 0 Å². The molecule has 0 saturated carbocycles. The number of amides is 3. The molecule has 3 rings (SSSR count). The molecule has 2 N–H and O–H groups in total. The van der Waals surface area contributed by atoms with Crippen LogP contribution in [0.3, 0.4) is 0 Å². The molecule has 1 unspecified atom stereocenters. The molecule has 148 valence electrons. The quantitative estimate of drug-likeness (QED) is 0.623. The Morgan fingerprint density at radius 1 is 1.03 bits per heavy atom. The minimum Gasteiger partial charge on any atom is -0.447 e. The van der Waals surface area contributed by atoms with Crippen molar-refractivity contribution >= 4 is 17.9 Å². The van der Waals surface area contributed by atoms with Crippen molar-refractivity contribution in [3.8, 4) is 11.5 Å². The van der Waals surface area contributed by atoms with Gasteiger partial charge in [0.05, 0.1) is 12.1 Å². The van der Waals surface area contributed by atoms with E-state index in [4.69, 9.17) is 9.15 Å². The zero-order valence-corrected chi connectivity index (χ0v) is 15.6. The molecule has 8 nitrogen and oxygen atoms in total. The fraction of sp³-hybridized carbons (Fsp3) is 0.143. The first-order valence-electron chi connectivity index (χ1n) is 8.83. The Morgan fingerprint density at radius 3 is 2.34 bits per heavy atom. The van der Waals surface area contributed by atoms with E-state index >= 15 is 0 Å². The standard InChI is InChI=1S/C21H19N3O5/c1-22-21(27)24-19(26)18(14-8-4-2-5-9-14)29-17(25)12-16-13-28-20(23-16)15-10-6-3-7-11-15/h2-11,13,18H,12H2,1H3,(H2,22,24,26,27). The molecule has 1 heterocycles. The molecule has 29 heavy (non-hydrogen) atoms. The molecule has 0 radical (unpaired) electrons. The van der Waals surface area contributed by atoms with Gasteiger partial charge in [0.25, 0.3) is 5.91 Å². The lowest BCUT2D eigenvalue weighted by Crippen LogP contribution is -2.41. The van der Waals surface area contributed by atoms with Crippen molar-refractivity contribution < 1.29 is 23.5 Å². The fourth-order valence-corrected chi connectivity index (χ4v) is 2.56. The van der Waals surface area contributed by atoms with E-state index < -0.39 is 24.0 Å². The number of hydrogen-bond acceptors (Lipinski definition) is 6. The molecule has 3 amide bonds. The highest BCUT2D eigenvalue weighted by atomic mass is 16.5. The van der Waals surface area contributed by atoms with Crippen molar-refractivity contribution in [1.82, 2.24) is 15.6 Å². The van der Waals surface area contributed by atoms with E-state index in [1.54, 1.807) is 30.3 Å². The average Bonchev–Trinajstić information content (AvgIpc) is 3.21. The smallest absolute Gasteiger partial charge is 0.321 e. The Hall–Kier alpha value is -3.94. The highest BCUT2D eigenvalue weighted by Crippen LogP contribution is 2.21. The van der Waals surface area contributed by atoms with E-state index in [-0.39, 0.29) is 6.42 Å². The fourth-order valence-electron chi connectivity index (χ4n) is 2.56. The van der Waals surface area contributed by atoms with Crippen LogP contribution in [0.1, 0.15) is 17.4 Å². The van der Waals surface area contributed by atoms with Gasteiger partial charge in [-0.3, -0.25) is 14.9 Å². The van der Waals surface area contributed by atoms with Crippen LogP contribution in [-0.2, 0) is 20.7 Å². The summed E-state index contributed by atoms with van der Waals surface area (Å²) in [7, 11) is 1.38. The highest BCUT2D eigenvalue weighted by Gasteiger charge is 2.26. The van der Waals surface area contributed by atoms with Crippen LogP contribution >= 0.6 is 0 Å². The summed E-state index contributed by atoms with van der Waals surface area (Å²) in [5.74, 6) is -1.06. The summed E-state index contributed by atoms with van der Waals surface area (Å²) >= 11 is 0. The lowest BCUT2D eigenvalue weighted by atomic mass is 10.1. The highest BCUT2D eigenvalue weighted by molar-refractivity contribution is 5.97. The van der Waals surface area contributed by atoms with Crippen molar-refractivity contribution in [2.75, 3.05) is 7.05 Å². The first-order valence-corrected chi connectivity index (χ1v) is 8.83. The van der Waals surface area contributed by atoms with Gasteiger partial charge in [-0.25, -0.2) is 9.78 Å². The Bertz CT molecular complexity index is 986. The van der Waals surface area contributed by atoms with Crippen molar-refractivity contribution in [2.24, 2.45) is 0 Å². The third kappa shape index (κ3) is 5.29. The van der Waals surface area contributed by atoms with Gasteiger partial charge < -0.3 is 14.5 Å². The molecule has 0 aliphatic carbocycles. The van der Waals surface area contributed by atoms with E-state index in [9.17, 15) is 14.4 Å². The van der Waals surface area contributed by atoms with E-state index in [1.807, 2.05) is 30.3 Å². The number of benzene rings is 2. The number of imide groups is 1. The second kappa shape index (κ2) is 9.32. The maximum absolute atomic E-state index is 12.4. The maximum atomic E-state index is 12.4. The monoisotopic (exact) mass is 393 g/mol. The lowest BCUT2D eigenvalue weighted by molar-refractivity contribution is -0.155. The van der Waals surface area contributed by atoms with Gasteiger partial charge in [0.2, 0.25) is 12.0 Å². The molecule has 0 aliphatic rings.